The number of carbonyl (C=O) groups is 2. The maximum atomic E-state index is 14.5. The predicted octanol–water partition coefficient (Wildman–Crippen LogP) is 6.68. The van der Waals surface area contributed by atoms with Crippen LogP contribution in [0.5, 0.6) is 0 Å². The van der Waals surface area contributed by atoms with Crippen LogP contribution in [0.1, 0.15) is 59.3 Å². The zero-order chi connectivity index (χ0) is 26.1. The van der Waals surface area contributed by atoms with Gasteiger partial charge >= 0.3 is 0 Å². The average molecular weight is 638 g/mol. The molecule has 2 aromatic heterocycles. The van der Waals surface area contributed by atoms with Gasteiger partial charge in [-0.25, -0.2) is 0 Å². The highest BCUT2D eigenvalue weighted by atomic mass is 127. The van der Waals surface area contributed by atoms with Crippen LogP contribution < -0.4 is 5.32 Å². The first-order valence-electron chi connectivity index (χ1n) is 13.5. The Hall–Kier alpha value is -2.65. The largest absolute Gasteiger partial charge is 0.351 e. The minimum atomic E-state index is -1.13. The van der Waals surface area contributed by atoms with E-state index in [0.29, 0.717) is 25.2 Å². The molecular formula is C31H32IN3O2S. The normalized spacial score (nSPS) is 20.0. The Labute approximate surface area is 241 Å². The Balaban J connectivity index is 1.45. The predicted molar refractivity (Wildman–Crippen MR) is 162 cm³/mol. The number of benzene rings is 2. The number of carbonyl (C=O) groups excluding carboxylic acids is 2. The summed E-state index contributed by atoms with van der Waals surface area (Å²) in [5.41, 5.74) is 3.89. The highest BCUT2D eigenvalue weighted by Crippen LogP contribution is 2.40. The van der Waals surface area contributed by atoms with Crippen molar-refractivity contribution in [2.24, 2.45) is 0 Å². The maximum absolute atomic E-state index is 14.5. The topological polar surface area (TPSA) is 54.3 Å². The van der Waals surface area contributed by atoms with Crippen molar-refractivity contribution in [3.8, 4) is 0 Å². The Kier molecular flexibility index (Phi) is 7.31. The lowest BCUT2D eigenvalue weighted by Gasteiger charge is -2.47. The molecule has 0 radical (unpaired) electrons. The molecular weight excluding hydrogens is 605 g/mol. The fourth-order valence-corrected chi connectivity index (χ4v) is 7.45. The summed E-state index contributed by atoms with van der Waals surface area (Å²) < 4.78 is 4.13. The number of amides is 2. The second-order valence-electron chi connectivity index (χ2n) is 10.5. The van der Waals surface area contributed by atoms with Crippen LogP contribution in [-0.2, 0) is 27.7 Å². The second-order valence-corrected chi connectivity index (χ2v) is 12.2. The first-order chi connectivity index (χ1) is 18.6. The second kappa shape index (κ2) is 10.8. The molecule has 38 heavy (non-hydrogen) atoms. The molecule has 0 spiro atoms. The van der Waals surface area contributed by atoms with Crippen LogP contribution in [0.3, 0.4) is 0 Å². The van der Waals surface area contributed by atoms with Crippen molar-refractivity contribution in [1.82, 2.24) is 14.8 Å². The molecule has 1 aliphatic carbocycles. The van der Waals surface area contributed by atoms with Gasteiger partial charge in [-0.15, -0.1) is 11.3 Å². The fourth-order valence-electron chi connectivity index (χ4n) is 6.12. The summed E-state index contributed by atoms with van der Waals surface area (Å²) in [6.45, 7) is 0.874. The van der Waals surface area contributed by atoms with Gasteiger partial charge in [-0.2, -0.15) is 0 Å². The highest BCUT2D eigenvalue weighted by molar-refractivity contribution is 14.1. The summed E-state index contributed by atoms with van der Waals surface area (Å²) in [6.07, 6.45) is 6.18. The van der Waals surface area contributed by atoms with Crippen LogP contribution in [-0.4, -0.2) is 33.9 Å². The molecule has 5 nitrogen and oxygen atoms in total. The molecule has 2 amide bonds. The van der Waals surface area contributed by atoms with Crippen LogP contribution in [0.4, 0.5) is 0 Å². The van der Waals surface area contributed by atoms with E-state index in [1.54, 1.807) is 11.3 Å². The van der Waals surface area contributed by atoms with E-state index in [0.717, 1.165) is 45.9 Å². The third-order valence-corrected chi connectivity index (χ3v) is 9.94. The minimum absolute atomic E-state index is 0.0630. The van der Waals surface area contributed by atoms with Crippen molar-refractivity contribution in [3.05, 3.63) is 94.5 Å². The molecule has 3 heterocycles. The molecule has 1 unspecified atom stereocenters. The van der Waals surface area contributed by atoms with E-state index >= 15 is 0 Å². The van der Waals surface area contributed by atoms with Gasteiger partial charge in [0.2, 0.25) is 0 Å². The number of alkyl halides is 1. The summed E-state index contributed by atoms with van der Waals surface area (Å²) in [4.78, 5) is 30.7. The van der Waals surface area contributed by atoms with E-state index in [2.05, 4.69) is 68.2 Å². The standard InChI is InChI=1S/C31H32IN3O2S/c32-20-23-13-11-22(12-14-23)15-17-35-29(36)27-19-28-26(16-18-38-28)34(27)21-31(35,24-7-3-1-4-8-24)30(37)33-25-9-5-2-6-10-25/h1,3-4,7-8,11-14,16,18-19,25H,2,5-6,9-10,15,17,20-21H2,(H,33,37). The highest BCUT2D eigenvalue weighted by Gasteiger charge is 2.52. The molecule has 0 bridgehead atoms. The first-order valence-corrected chi connectivity index (χ1v) is 15.9. The van der Waals surface area contributed by atoms with Gasteiger partial charge in [0.05, 0.1) is 16.8 Å². The van der Waals surface area contributed by atoms with Gasteiger partial charge in [-0.05, 0) is 53.5 Å². The van der Waals surface area contributed by atoms with Crippen LogP contribution in [0, 0.1) is 0 Å². The Morgan fingerprint density at radius 1 is 1.00 bits per heavy atom. The quantitative estimate of drug-likeness (QED) is 0.182. The third-order valence-electron chi connectivity index (χ3n) is 8.20. The summed E-state index contributed by atoms with van der Waals surface area (Å²) in [5.74, 6) is -0.141. The first kappa shape index (κ1) is 25.6. The van der Waals surface area contributed by atoms with Crippen molar-refractivity contribution < 1.29 is 9.59 Å². The lowest BCUT2D eigenvalue weighted by atomic mass is 9.83. The SMILES string of the molecule is O=C1c2cc3sccc3n2CC(C(=O)NC2CCCCC2)(c2ccccc2)N1CCc1ccc(CI)cc1. The molecule has 1 atom stereocenters. The number of aromatic nitrogens is 1. The molecule has 0 saturated heterocycles. The van der Waals surface area contributed by atoms with Gasteiger partial charge < -0.3 is 14.8 Å². The van der Waals surface area contributed by atoms with E-state index in [1.807, 2.05) is 41.3 Å². The van der Waals surface area contributed by atoms with E-state index < -0.39 is 5.54 Å². The zero-order valence-corrected chi connectivity index (χ0v) is 24.3. The lowest BCUT2D eigenvalue weighted by Crippen LogP contribution is -2.64. The van der Waals surface area contributed by atoms with Gasteiger partial charge in [0.15, 0.2) is 5.54 Å². The molecule has 1 fully saturated rings. The number of hydrogen-bond acceptors (Lipinski definition) is 3. The van der Waals surface area contributed by atoms with Gasteiger partial charge in [0.25, 0.3) is 11.8 Å². The van der Waals surface area contributed by atoms with Crippen molar-refractivity contribution in [2.45, 2.75) is 61.1 Å². The maximum Gasteiger partial charge on any atom is 0.271 e. The number of nitrogens with zero attached hydrogens (tertiary/aromatic N) is 2. The smallest absolute Gasteiger partial charge is 0.271 e. The average Bonchev–Trinajstić information content (AvgIpc) is 3.56. The molecule has 1 saturated carbocycles. The number of thiophene rings is 1. The van der Waals surface area contributed by atoms with Gasteiger partial charge in [0.1, 0.15) is 5.69 Å². The summed E-state index contributed by atoms with van der Waals surface area (Å²) in [5, 5.41) is 5.47. The zero-order valence-electron chi connectivity index (χ0n) is 21.4. The van der Waals surface area contributed by atoms with E-state index in [1.165, 1.54) is 17.5 Å². The summed E-state index contributed by atoms with van der Waals surface area (Å²) >= 11 is 4.01. The minimum Gasteiger partial charge on any atom is -0.351 e. The van der Waals surface area contributed by atoms with Crippen molar-refractivity contribution in [2.75, 3.05) is 6.54 Å². The van der Waals surface area contributed by atoms with Crippen molar-refractivity contribution in [1.29, 1.82) is 0 Å². The molecule has 196 valence electrons. The number of fused-ring (bicyclic) bond motifs is 3. The molecule has 1 N–H and O–H groups in total. The van der Waals surface area contributed by atoms with Crippen LogP contribution in [0.25, 0.3) is 10.2 Å². The lowest BCUT2D eigenvalue weighted by molar-refractivity contribution is -0.135. The van der Waals surface area contributed by atoms with Crippen LogP contribution in [0.2, 0.25) is 0 Å². The Morgan fingerprint density at radius 2 is 1.74 bits per heavy atom. The monoisotopic (exact) mass is 637 g/mol. The van der Waals surface area contributed by atoms with Crippen LogP contribution in [0.15, 0.2) is 72.1 Å². The summed E-state index contributed by atoms with van der Waals surface area (Å²) in [6, 6.07) is 22.8. The summed E-state index contributed by atoms with van der Waals surface area (Å²) in [7, 11) is 0. The van der Waals surface area contributed by atoms with Gasteiger partial charge in [-0.3, -0.25) is 9.59 Å². The van der Waals surface area contributed by atoms with E-state index in [9.17, 15) is 9.59 Å². The fraction of sp³-hybridized carbons (Fsp3) is 0.355. The number of nitrogens with one attached hydrogen (secondary N) is 1. The van der Waals surface area contributed by atoms with Crippen molar-refractivity contribution in [3.63, 3.8) is 0 Å². The Morgan fingerprint density at radius 3 is 2.47 bits per heavy atom. The molecule has 7 heteroatoms. The number of hydrogen-bond donors (Lipinski definition) is 1. The van der Waals surface area contributed by atoms with Gasteiger partial charge in [-0.1, -0.05) is 96.5 Å². The van der Waals surface area contributed by atoms with Crippen LogP contribution >= 0.6 is 33.9 Å². The van der Waals surface area contributed by atoms with Crippen molar-refractivity contribution >= 4 is 56.0 Å². The number of halogens is 1. The van der Waals surface area contributed by atoms with E-state index in [-0.39, 0.29) is 17.9 Å². The molecule has 1 aliphatic heterocycles. The van der Waals surface area contributed by atoms with E-state index in [4.69, 9.17) is 0 Å². The molecule has 2 aliphatic rings. The molecule has 4 aromatic rings. The molecule has 6 rings (SSSR count). The third kappa shape index (κ3) is 4.57. The molecule has 2 aromatic carbocycles. The Bertz CT molecular complexity index is 1440. The number of rotatable bonds is 7. The van der Waals surface area contributed by atoms with Gasteiger partial charge in [0, 0.05) is 17.0 Å².